The van der Waals surface area contributed by atoms with E-state index in [2.05, 4.69) is 17.6 Å². The topological polar surface area (TPSA) is 68.0 Å². The van der Waals surface area contributed by atoms with Gasteiger partial charge in [-0.1, -0.05) is 19.3 Å². The van der Waals surface area contributed by atoms with E-state index in [1.807, 2.05) is 12.1 Å². The molecule has 1 saturated carbocycles. The first-order chi connectivity index (χ1) is 13.3. The maximum atomic E-state index is 5.94. The molecule has 7 heteroatoms. The largest absolute Gasteiger partial charge is 0.469 e. The van der Waals surface area contributed by atoms with Crippen molar-refractivity contribution in [3.8, 4) is 0 Å². The minimum absolute atomic E-state index is 0. The highest BCUT2D eigenvalue weighted by atomic mass is 127. The molecule has 0 spiro atoms. The summed E-state index contributed by atoms with van der Waals surface area (Å²) in [5.74, 6) is 2.60. The fourth-order valence-electron chi connectivity index (χ4n) is 3.70. The van der Waals surface area contributed by atoms with Gasteiger partial charge in [0.15, 0.2) is 5.96 Å². The van der Waals surface area contributed by atoms with Gasteiger partial charge in [0.1, 0.15) is 5.76 Å². The van der Waals surface area contributed by atoms with Gasteiger partial charge >= 0.3 is 0 Å². The van der Waals surface area contributed by atoms with Crippen molar-refractivity contribution >= 4 is 29.9 Å². The third-order valence-electron chi connectivity index (χ3n) is 5.33. The van der Waals surface area contributed by atoms with Crippen LogP contribution in [0.15, 0.2) is 27.8 Å². The predicted octanol–water partition coefficient (Wildman–Crippen LogP) is 3.75. The summed E-state index contributed by atoms with van der Waals surface area (Å²) in [4.78, 5) is 4.87. The lowest BCUT2D eigenvalue weighted by molar-refractivity contribution is 0.0347. The fraction of sp³-hybridized carbons (Fsp3) is 0.762. The Kier molecular flexibility index (Phi) is 11.3. The smallest absolute Gasteiger partial charge is 0.191 e. The molecule has 0 amide bonds. The van der Waals surface area contributed by atoms with E-state index in [1.165, 1.54) is 32.1 Å². The Balaban J connectivity index is 0.00000280. The lowest BCUT2D eigenvalue weighted by Gasteiger charge is -2.22. The van der Waals surface area contributed by atoms with Gasteiger partial charge in [0.05, 0.1) is 25.6 Å². The quantitative estimate of drug-likeness (QED) is 0.304. The third kappa shape index (κ3) is 8.69. The second-order valence-electron chi connectivity index (χ2n) is 7.81. The molecule has 1 aromatic rings. The number of hydrogen-bond donors (Lipinski definition) is 2. The Hall–Kier alpha value is -0.800. The number of rotatable bonds is 9. The molecule has 1 aliphatic heterocycles. The zero-order valence-electron chi connectivity index (χ0n) is 17.0. The first-order valence-corrected chi connectivity index (χ1v) is 10.6. The Morgan fingerprint density at radius 3 is 2.86 bits per heavy atom. The molecule has 2 fully saturated rings. The number of guanidine groups is 1. The first kappa shape index (κ1) is 23.5. The summed E-state index contributed by atoms with van der Waals surface area (Å²) in [6, 6.07) is 4.14. The van der Waals surface area contributed by atoms with Gasteiger partial charge in [-0.2, -0.15) is 0 Å². The molecule has 28 heavy (non-hydrogen) atoms. The number of hydrogen-bond acceptors (Lipinski definition) is 4. The van der Waals surface area contributed by atoms with Crippen LogP contribution in [-0.2, 0) is 15.9 Å². The Morgan fingerprint density at radius 2 is 2.14 bits per heavy atom. The molecule has 6 nitrogen and oxygen atoms in total. The molecule has 0 aromatic carbocycles. The molecule has 1 aliphatic carbocycles. The van der Waals surface area contributed by atoms with Gasteiger partial charge in [-0.3, -0.25) is 4.99 Å². The molecular formula is C21H36IN3O3. The molecule has 2 aliphatic rings. The molecule has 2 atom stereocenters. The Labute approximate surface area is 186 Å². The first-order valence-electron chi connectivity index (χ1n) is 10.6. The van der Waals surface area contributed by atoms with Crippen molar-refractivity contribution in [3.05, 3.63) is 24.2 Å². The fourth-order valence-corrected chi connectivity index (χ4v) is 3.70. The number of aliphatic imine (C=N–C) groups is 1. The highest BCUT2D eigenvalue weighted by Crippen LogP contribution is 2.23. The average Bonchev–Trinajstić information content (AvgIpc) is 3.39. The van der Waals surface area contributed by atoms with E-state index in [4.69, 9.17) is 18.9 Å². The molecule has 2 heterocycles. The second kappa shape index (κ2) is 13.4. The van der Waals surface area contributed by atoms with E-state index >= 15 is 0 Å². The van der Waals surface area contributed by atoms with E-state index in [-0.39, 0.29) is 36.1 Å². The SMILES string of the molecule is CC(COC1CCOC1)NC(=NCC1CCCCC1)NCCc1ccco1.I. The van der Waals surface area contributed by atoms with Crippen LogP contribution in [0, 0.1) is 5.92 Å². The molecule has 2 N–H and O–H groups in total. The number of ether oxygens (including phenoxy) is 2. The van der Waals surface area contributed by atoms with Crippen molar-refractivity contribution in [2.75, 3.05) is 32.9 Å². The van der Waals surface area contributed by atoms with Crippen molar-refractivity contribution in [2.24, 2.45) is 10.9 Å². The van der Waals surface area contributed by atoms with Crippen molar-refractivity contribution in [2.45, 2.75) is 64.0 Å². The maximum absolute atomic E-state index is 5.94. The summed E-state index contributed by atoms with van der Waals surface area (Å²) in [7, 11) is 0. The number of halogens is 1. The third-order valence-corrected chi connectivity index (χ3v) is 5.33. The second-order valence-corrected chi connectivity index (χ2v) is 7.81. The van der Waals surface area contributed by atoms with Crippen LogP contribution in [0.3, 0.4) is 0 Å². The van der Waals surface area contributed by atoms with E-state index < -0.39 is 0 Å². The van der Waals surface area contributed by atoms with Crippen molar-refractivity contribution < 1.29 is 13.9 Å². The Bertz CT molecular complexity index is 541. The molecule has 0 radical (unpaired) electrons. The molecule has 1 saturated heterocycles. The van der Waals surface area contributed by atoms with Gasteiger partial charge in [0.2, 0.25) is 0 Å². The number of nitrogens with zero attached hydrogens (tertiary/aromatic N) is 1. The van der Waals surface area contributed by atoms with Gasteiger partial charge in [-0.05, 0) is 44.2 Å². The molecule has 3 rings (SSSR count). The summed E-state index contributed by atoms with van der Waals surface area (Å²) < 4.78 is 16.7. The zero-order chi connectivity index (χ0) is 18.7. The van der Waals surface area contributed by atoms with Crippen molar-refractivity contribution in [1.82, 2.24) is 10.6 Å². The number of nitrogens with one attached hydrogen (secondary N) is 2. The van der Waals surface area contributed by atoms with Crippen LogP contribution in [0.2, 0.25) is 0 Å². The normalized spacial score (nSPS) is 21.9. The highest BCUT2D eigenvalue weighted by Gasteiger charge is 2.18. The van der Waals surface area contributed by atoms with Crippen LogP contribution in [0.4, 0.5) is 0 Å². The van der Waals surface area contributed by atoms with E-state index in [1.54, 1.807) is 6.26 Å². The summed E-state index contributed by atoms with van der Waals surface area (Å²) in [6.45, 7) is 6.04. The lowest BCUT2D eigenvalue weighted by atomic mass is 9.89. The van der Waals surface area contributed by atoms with E-state index in [0.29, 0.717) is 6.61 Å². The van der Waals surface area contributed by atoms with Crippen LogP contribution in [-0.4, -0.2) is 51.0 Å². The van der Waals surface area contributed by atoms with Gasteiger partial charge in [-0.15, -0.1) is 24.0 Å². The molecule has 160 valence electrons. The summed E-state index contributed by atoms with van der Waals surface area (Å²) in [5, 5.41) is 6.96. The van der Waals surface area contributed by atoms with Crippen LogP contribution >= 0.6 is 24.0 Å². The molecule has 1 aromatic heterocycles. The van der Waals surface area contributed by atoms with Crippen LogP contribution in [0.25, 0.3) is 0 Å². The van der Waals surface area contributed by atoms with Crippen LogP contribution < -0.4 is 10.6 Å². The van der Waals surface area contributed by atoms with E-state index in [0.717, 1.165) is 56.8 Å². The zero-order valence-corrected chi connectivity index (χ0v) is 19.4. The van der Waals surface area contributed by atoms with Crippen molar-refractivity contribution in [1.29, 1.82) is 0 Å². The predicted molar refractivity (Wildman–Crippen MR) is 122 cm³/mol. The average molecular weight is 505 g/mol. The minimum Gasteiger partial charge on any atom is -0.469 e. The van der Waals surface area contributed by atoms with Crippen LogP contribution in [0.1, 0.15) is 51.2 Å². The summed E-state index contributed by atoms with van der Waals surface area (Å²) >= 11 is 0. The highest BCUT2D eigenvalue weighted by molar-refractivity contribution is 14.0. The van der Waals surface area contributed by atoms with Crippen molar-refractivity contribution in [3.63, 3.8) is 0 Å². The lowest BCUT2D eigenvalue weighted by Crippen LogP contribution is -2.45. The molecular weight excluding hydrogens is 469 g/mol. The van der Waals surface area contributed by atoms with Gasteiger partial charge in [-0.25, -0.2) is 0 Å². The van der Waals surface area contributed by atoms with Gasteiger partial charge < -0.3 is 24.5 Å². The van der Waals surface area contributed by atoms with E-state index in [9.17, 15) is 0 Å². The standard InChI is InChI=1S/C21H35N3O3.HI/c1-17(15-27-20-10-13-25-16-20)24-21(22-11-9-19-8-5-12-26-19)23-14-18-6-3-2-4-7-18;/h5,8,12,17-18,20H,2-4,6-7,9-11,13-16H2,1H3,(H2,22,23,24);1H. The van der Waals surface area contributed by atoms with Gasteiger partial charge in [0, 0.05) is 32.2 Å². The maximum Gasteiger partial charge on any atom is 0.191 e. The monoisotopic (exact) mass is 505 g/mol. The number of furan rings is 1. The van der Waals surface area contributed by atoms with Gasteiger partial charge in [0.25, 0.3) is 0 Å². The minimum atomic E-state index is 0. The summed E-state index contributed by atoms with van der Waals surface area (Å²) in [5.41, 5.74) is 0. The summed E-state index contributed by atoms with van der Waals surface area (Å²) in [6.07, 6.45) is 10.5. The molecule has 0 bridgehead atoms. The van der Waals surface area contributed by atoms with Crippen LogP contribution in [0.5, 0.6) is 0 Å². The molecule has 2 unspecified atom stereocenters. The Morgan fingerprint density at radius 1 is 1.29 bits per heavy atom.